The lowest BCUT2D eigenvalue weighted by Gasteiger charge is -2.11. The maximum Gasteiger partial charge on any atom is 0.311 e. The van der Waals surface area contributed by atoms with E-state index in [2.05, 4.69) is 9.72 Å². The molecule has 0 atom stereocenters. The molecule has 0 fully saturated rings. The summed E-state index contributed by atoms with van der Waals surface area (Å²) in [5.74, 6) is -0.456. The molecule has 0 N–H and O–H groups in total. The Balaban J connectivity index is 3.16. The second kappa shape index (κ2) is 6.44. The van der Waals surface area contributed by atoms with Gasteiger partial charge in [0.15, 0.2) is 0 Å². The predicted molar refractivity (Wildman–Crippen MR) is 67.2 cm³/mol. The Morgan fingerprint density at radius 3 is 2.76 bits per heavy atom. The fourth-order valence-corrected chi connectivity index (χ4v) is 2.62. The van der Waals surface area contributed by atoms with Gasteiger partial charge in [-0.15, -0.1) is 11.6 Å². The van der Waals surface area contributed by atoms with Gasteiger partial charge in [0.1, 0.15) is 0 Å². The highest BCUT2D eigenvalue weighted by Gasteiger charge is 2.19. The first-order chi connectivity index (χ1) is 8.01. The lowest BCUT2D eigenvalue weighted by atomic mass is 10.1. The Labute approximate surface area is 116 Å². The first kappa shape index (κ1) is 14.6. The summed E-state index contributed by atoms with van der Waals surface area (Å²) in [7, 11) is 1.25. The van der Waals surface area contributed by atoms with E-state index in [1.807, 2.05) is 0 Å². The molecular formula is C10H9ClF2INO2. The van der Waals surface area contributed by atoms with Crippen molar-refractivity contribution in [1.29, 1.82) is 0 Å². The summed E-state index contributed by atoms with van der Waals surface area (Å²) in [4.78, 5) is 15.0. The molecule has 17 heavy (non-hydrogen) atoms. The average Bonchev–Trinajstić information content (AvgIpc) is 2.28. The second-order valence-corrected chi connectivity index (χ2v) is 4.49. The number of nitrogens with zero attached hydrogens (tertiary/aromatic N) is 1. The third-order valence-corrected chi connectivity index (χ3v) is 3.68. The lowest BCUT2D eigenvalue weighted by Crippen LogP contribution is -2.11. The minimum atomic E-state index is -2.61. The number of esters is 1. The molecule has 0 spiro atoms. The van der Waals surface area contributed by atoms with Crippen molar-refractivity contribution in [2.24, 2.45) is 0 Å². The van der Waals surface area contributed by atoms with Gasteiger partial charge in [0.05, 0.1) is 25.1 Å². The van der Waals surface area contributed by atoms with E-state index in [0.717, 1.165) is 6.20 Å². The van der Waals surface area contributed by atoms with E-state index in [1.165, 1.54) is 7.11 Å². The number of pyridine rings is 1. The quantitative estimate of drug-likeness (QED) is 0.461. The number of methoxy groups -OCH3 is 1. The van der Waals surface area contributed by atoms with Crippen molar-refractivity contribution in [1.82, 2.24) is 4.98 Å². The molecule has 3 nitrogen and oxygen atoms in total. The minimum absolute atomic E-state index is 0.0260. The monoisotopic (exact) mass is 375 g/mol. The summed E-state index contributed by atoms with van der Waals surface area (Å²) < 4.78 is 30.1. The highest BCUT2D eigenvalue weighted by atomic mass is 127. The zero-order valence-corrected chi connectivity index (χ0v) is 11.8. The van der Waals surface area contributed by atoms with Crippen molar-refractivity contribution in [3.8, 4) is 0 Å². The topological polar surface area (TPSA) is 39.2 Å². The molecule has 94 valence electrons. The van der Waals surface area contributed by atoms with E-state index in [-0.39, 0.29) is 17.9 Å². The number of carbonyl (C=O) groups is 1. The molecule has 0 saturated carbocycles. The molecule has 0 aliphatic rings. The molecule has 0 aromatic carbocycles. The van der Waals surface area contributed by atoms with E-state index >= 15 is 0 Å². The van der Waals surface area contributed by atoms with Gasteiger partial charge < -0.3 is 4.74 Å². The molecule has 1 aromatic rings. The fourth-order valence-electron chi connectivity index (χ4n) is 1.23. The van der Waals surface area contributed by atoms with Crippen LogP contribution in [0.1, 0.15) is 23.2 Å². The highest BCUT2D eigenvalue weighted by molar-refractivity contribution is 14.1. The predicted octanol–water partition coefficient (Wildman–Crippen LogP) is 3.08. The SMILES string of the molecule is COC(=O)Cc1ncc(C(F)F)c(I)c1CCl. The van der Waals surface area contributed by atoms with Gasteiger partial charge in [0.25, 0.3) is 6.43 Å². The maximum atomic E-state index is 12.6. The van der Waals surface area contributed by atoms with Crippen LogP contribution in [-0.2, 0) is 21.8 Å². The molecule has 0 amide bonds. The van der Waals surface area contributed by atoms with Gasteiger partial charge in [-0.25, -0.2) is 8.78 Å². The van der Waals surface area contributed by atoms with Gasteiger partial charge >= 0.3 is 5.97 Å². The number of carbonyl (C=O) groups excluding carboxylic acids is 1. The highest BCUT2D eigenvalue weighted by Crippen LogP contribution is 2.28. The van der Waals surface area contributed by atoms with E-state index in [4.69, 9.17) is 11.6 Å². The molecule has 7 heteroatoms. The van der Waals surface area contributed by atoms with Crippen molar-refractivity contribution in [3.63, 3.8) is 0 Å². The fraction of sp³-hybridized carbons (Fsp3) is 0.400. The van der Waals surface area contributed by atoms with Crippen molar-refractivity contribution in [3.05, 3.63) is 26.6 Å². The van der Waals surface area contributed by atoms with Gasteiger partial charge in [0, 0.05) is 20.9 Å². The van der Waals surface area contributed by atoms with Crippen molar-refractivity contribution in [2.75, 3.05) is 7.11 Å². The van der Waals surface area contributed by atoms with Gasteiger partial charge in [0.2, 0.25) is 0 Å². The molecule has 0 saturated heterocycles. The van der Waals surface area contributed by atoms with Crippen molar-refractivity contribution >= 4 is 40.2 Å². The molecule has 0 bridgehead atoms. The van der Waals surface area contributed by atoms with Gasteiger partial charge in [-0.05, 0) is 22.6 Å². The molecule has 1 aromatic heterocycles. The smallest absolute Gasteiger partial charge is 0.311 e. The minimum Gasteiger partial charge on any atom is -0.469 e. The summed E-state index contributed by atoms with van der Waals surface area (Å²) in [5.41, 5.74) is 0.658. The zero-order chi connectivity index (χ0) is 13.0. The van der Waals surface area contributed by atoms with Crippen molar-refractivity contribution in [2.45, 2.75) is 18.7 Å². The number of aromatic nitrogens is 1. The number of alkyl halides is 3. The number of halogens is 4. The Hall–Kier alpha value is -0.500. The van der Waals surface area contributed by atoms with Crippen LogP contribution in [0.25, 0.3) is 0 Å². The van der Waals surface area contributed by atoms with Crippen LogP contribution in [-0.4, -0.2) is 18.1 Å². The normalized spacial score (nSPS) is 10.7. The van der Waals surface area contributed by atoms with Crippen molar-refractivity contribution < 1.29 is 18.3 Å². The van der Waals surface area contributed by atoms with Gasteiger partial charge in [-0.3, -0.25) is 9.78 Å². The van der Waals surface area contributed by atoms with E-state index in [1.54, 1.807) is 22.6 Å². The molecule has 1 heterocycles. The van der Waals surface area contributed by atoms with Crippen LogP contribution in [0.4, 0.5) is 8.78 Å². The number of ether oxygens (including phenoxy) is 1. The van der Waals surface area contributed by atoms with Crippen LogP contribution in [0.2, 0.25) is 0 Å². The third-order valence-electron chi connectivity index (χ3n) is 2.13. The summed E-state index contributed by atoms with van der Waals surface area (Å²) in [5, 5.41) is 0. The van der Waals surface area contributed by atoms with E-state index < -0.39 is 12.4 Å². The molecule has 0 aliphatic carbocycles. The summed E-state index contributed by atoms with van der Waals surface area (Å²) in [6.07, 6.45) is -1.61. The largest absolute Gasteiger partial charge is 0.469 e. The molecular weight excluding hydrogens is 366 g/mol. The Kier molecular flexibility index (Phi) is 5.51. The average molecular weight is 376 g/mol. The zero-order valence-electron chi connectivity index (χ0n) is 8.84. The van der Waals surface area contributed by atoms with E-state index in [0.29, 0.717) is 14.8 Å². The van der Waals surface area contributed by atoms with Crippen LogP contribution >= 0.6 is 34.2 Å². The van der Waals surface area contributed by atoms with Crippen LogP contribution in [0.3, 0.4) is 0 Å². The Morgan fingerprint density at radius 1 is 1.65 bits per heavy atom. The number of hydrogen-bond acceptors (Lipinski definition) is 3. The van der Waals surface area contributed by atoms with Crippen LogP contribution < -0.4 is 0 Å². The standard InChI is InChI=1S/C10H9ClF2INO2/c1-17-8(16)2-7-5(3-11)9(14)6(4-15-7)10(12)13/h4,10H,2-3H2,1H3. The van der Waals surface area contributed by atoms with Crippen LogP contribution in [0, 0.1) is 3.57 Å². The summed E-state index contributed by atoms with van der Waals surface area (Å²) in [6.45, 7) is 0. The Morgan fingerprint density at radius 2 is 2.29 bits per heavy atom. The summed E-state index contributed by atoms with van der Waals surface area (Å²) >= 11 is 7.48. The third kappa shape index (κ3) is 3.48. The van der Waals surface area contributed by atoms with Crippen LogP contribution in [0.5, 0.6) is 0 Å². The molecule has 0 radical (unpaired) electrons. The van der Waals surface area contributed by atoms with Gasteiger partial charge in [-0.2, -0.15) is 0 Å². The molecule has 0 unspecified atom stereocenters. The first-order valence-electron chi connectivity index (χ1n) is 4.58. The first-order valence-corrected chi connectivity index (χ1v) is 6.19. The molecule has 1 rings (SSSR count). The number of hydrogen-bond donors (Lipinski definition) is 0. The second-order valence-electron chi connectivity index (χ2n) is 3.14. The Bertz CT molecular complexity index is 429. The lowest BCUT2D eigenvalue weighted by molar-refractivity contribution is -0.139. The molecule has 0 aliphatic heterocycles. The van der Waals surface area contributed by atoms with Crippen LogP contribution in [0.15, 0.2) is 6.20 Å². The maximum absolute atomic E-state index is 12.6. The summed E-state index contributed by atoms with van der Waals surface area (Å²) in [6, 6.07) is 0. The van der Waals surface area contributed by atoms with E-state index in [9.17, 15) is 13.6 Å². The number of rotatable bonds is 4. The van der Waals surface area contributed by atoms with Gasteiger partial charge in [-0.1, -0.05) is 0 Å².